The Morgan fingerprint density at radius 1 is 0.968 bits per heavy atom. The summed E-state index contributed by atoms with van der Waals surface area (Å²) in [6.45, 7) is 1.74. The molecule has 0 aliphatic heterocycles. The molecular formula is C24H22N4O3. The molecule has 0 radical (unpaired) electrons. The smallest absolute Gasteiger partial charge is 0.408 e. The molecule has 4 aromatic rings. The Bertz CT molecular complexity index is 1150. The van der Waals surface area contributed by atoms with Gasteiger partial charge in [-0.05, 0) is 48.9 Å². The van der Waals surface area contributed by atoms with Crippen LogP contribution in [0.2, 0.25) is 0 Å². The number of para-hydroxylation sites is 2. The molecule has 0 spiro atoms. The van der Waals surface area contributed by atoms with Gasteiger partial charge in [0.15, 0.2) is 0 Å². The number of alkyl carbamates (subject to hydrolysis) is 1. The van der Waals surface area contributed by atoms with Crippen LogP contribution in [0.5, 0.6) is 0 Å². The highest BCUT2D eigenvalue weighted by Gasteiger charge is 2.16. The Labute approximate surface area is 179 Å². The van der Waals surface area contributed by atoms with Crippen molar-refractivity contribution >= 4 is 28.7 Å². The fraction of sp³-hybridized carbons (Fsp3) is 0.125. The van der Waals surface area contributed by atoms with Gasteiger partial charge in [0, 0.05) is 11.3 Å². The maximum Gasteiger partial charge on any atom is 0.408 e. The van der Waals surface area contributed by atoms with E-state index in [1.807, 2.05) is 66.7 Å². The summed E-state index contributed by atoms with van der Waals surface area (Å²) in [5, 5.41) is 5.32. The predicted molar refractivity (Wildman–Crippen MR) is 119 cm³/mol. The number of nitrogens with zero attached hydrogens (tertiary/aromatic N) is 1. The summed E-state index contributed by atoms with van der Waals surface area (Å²) in [5.74, 6) is 0.420. The van der Waals surface area contributed by atoms with Crippen molar-refractivity contribution in [2.24, 2.45) is 0 Å². The first-order chi connectivity index (χ1) is 15.1. The Morgan fingerprint density at radius 2 is 1.68 bits per heavy atom. The molecule has 3 aromatic carbocycles. The van der Waals surface area contributed by atoms with E-state index in [-0.39, 0.29) is 12.5 Å². The maximum absolute atomic E-state index is 12.4. The molecule has 31 heavy (non-hydrogen) atoms. The van der Waals surface area contributed by atoms with Crippen molar-refractivity contribution in [3.8, 4) is 11.4 Å². The molecule has 2 amide bonds. The molecule has 1 atom stereocenters. The molecule has 1 aromatic heterocycles. The van der Waals surface area contributed by atoms with E-state index in [0.717, 1.165) is 28.0 Å². The van der Waals surface area contributed by atoms with Gasteiger partial charge < -0.3 is 20.4 Å². The lowest BCUT2D eigenvalue weighted by molar-refractivity contribution is -0.117. The monoisotopic (exact) mass is 414 g/mol. The standard InChI is InChI=1S/C24H22N4O3/c1-16(25-24(30)31-15-17-7-3-2-4-8-17)23(29)26-19-13-11-18(12-14-19)22-27-20-9-5-6-10-21(20)28-22/h2-14,16H,15H2,1H3,(H,25,30)(H,26,29)(H,27,28)/t16-/m0/s1. The van der Waals surface area contributed by atoms with E-state index in [0.29, 0.717) is 5.69 Å². The van der Waals surface area contributed by atoms with E-state index in [2.05, 4.69) is 20.6 Å². The second-order valence-electron chi connectivity index (χ2n) is 7.10. The Kier molecular flexibility index (Phi) is 5.93. The van der Waals surface area contributed by atoms with Gasteiger partial charge in [0.05, 0.1) is 11.0 Å². The Morgan fingerprint density at radius 3 is 2.42 bits per heavy atom. The van der Waals surface area contributed by atoms with E-state index < -0.39 is 12.1 Å². The van der Waals surface area contributed by atoms with Crippen LogP contribution in [0.4, 0.5) is 10.5 Å². The number of carbonyl (C=O) groups excluding carboxylic acids is 2. The molecule has 0 aliphatic rings. The first-order valence-electron chi connectivity index (χ1n) is 9.92. The second kappa shape index (κ2) is 9.13. The molecule has 7 nitrogen and oxygen atoms in total. The molecule has 0 bridgehead atoms. The molecule has 156 valence electrons. The van der Waals surface area contributed by atoms with Crippen molar-refractivity contribution < 1.29 is 14.3 Å². The number of hydrogen-bond acceptors (Lipinski definition) is 4. The fourth-order valence-electron chi connectivity index (χ4n) is 3.06. The summed E-state index contributed by atoms with van der Waals surface area (Å²) in [6, 6.07) is 23.7. The van der Waals surface area contributed by atoms with Gasteiger partial charge in [0.25, 0.3) is 0 Å². The van der Waals surface area contributed by atoms with Crippen LogP contribution in [0.3, 0.4) is 0 Å². The number of amides is 2. The number of imidazole rings is 1. The van der Waals surface area contributed by atoms with Crippen LogP contribution in [0.1, 0.15) is 12.5 Å². The van der Waals surface area contributed by atoms with Crippen molar-refractivity contribution in [1.82, 2.24) is 15.3 Å². The minimum absolute atomic E-state index is 0.143. The van der Waals surface area contributed by atoms with Crippen LogP contribution in [-0.4, -0.2) is 28.0 Å². The average molecular weight is 414 g/mol. The highest BCUT2D eigenvalue weighted by Crippen LogP contribution is 2.22. The average Bonchev–Trinajstić information content (AvgIpc) is 3.23. The summed E-state index contributed by atoms with van der Waals surface area (Å²) >= 11 is 0. The number of rotatable bonds is 6. The van der Waals surface area contributed by atoms with Crippen molar-refractivity contribution in [2.75, 3.05) is 5.32 Å². The number of H-pyrrole nitrogens is 1. The lowest BCUT2D eigenvalue weighted by Gasteiger charge is -2.14. The van der Waals surface area contributed by atoms with Crippen LogP contribution in [0.15, 0.2) is 78.9 Å². The summed E-state index contributed by atoms with van der Waals surface area (Å²) in [7, 11) is 0. The maximum atomic E-state index is 12.4. The van der Waals surface area contributed by atoms with Gasteiger partial charge in [-0.15, -0.1) is 0 Å². The summed E-state index contributed by atoms with van der Waals surface area (Å²) < 4.78 is 5.15. The van der Waals surface area contributed by atoms with Crippen LogP contribution in [0.25, 0.3) is 22.4 Å². The highest BCUT2D eigenvalue weighted by atomic mass is 16.5. The van der Waals surface area contributed by atoms with E-state index in [1.165, 1.54) is 0 Å². The van der Waals surface area contributed by atoms with Crippen LogP contribution in [-0.2, 0) is 16.1 Å². The summed E-state index contributed by atoms with van der Waals surface area (Å²) in [5.41, 5.74) is 4.27. The molecule has 0 fully saturated rings. The number of anilines is 1. The SMILES string of the molecule is C[C@H](NC(=O)OCc1ccccc1)C(=O)Nc1ccc(-c2nc3ccccc3[nH]2)cc1. The van der Waals surface area contributed by atoms with Gasteiger partial charge in [0.1, 0.15) is 18.5 Å². The zero-order valence-electron chi connectivity index (χ0n) is 17.0. The fourth-order valence-corrected chi connectivity index (χ4v) is 3.06. The molecule has 0 aliphatic carbocycles. The normalized spacial score (nSPS) is 11.6. The number of aromatic amines is 1. The van der Waals surface area contributed by atoms with Gasteiger partial charge in [-0.25, -0.2) is 9.78 Å². The van der Waals surface area contributed by atoms with Crippen LogP contribution in [0, 0.1) is 0 Å². The molecule has 7 heteroatoms. The third kappa shape index (κ3) is 5.08. The number of carbonyl (C=O) groups is 2. The van der Waals surface area contributed by atoms with Crippen LogP contribution < -0.4 is 10.6 Å². The van der Waals surface area contributed by atoms with Crippen molar-refractivity contribution in [3.05, 3.63) is 84.4 Å². The number of benzene rings is 3. The number of ether oxygens (including phenoxy) is 1. The van der Waals surface area contributed by atoms with Gasteiger partial charge >= 0.3 is 6.09 Å². The number of nitrogens with one attached hydrogen (secondary N) is 3. The first-order valence-corrected chi connectivity index (χ1v) is 9.92. The summed E-state index contributed by atoms with van der Waals surface area (Å²) in [6.07, 6.45) is -0.647. The van der Waals surface area contributed by atoms with Crippen molar-refractivity contribution in [3.63, 3.8) is 0 Å². The van der Waals surface area contributed by atoms with Gasteiger partial charge in [0.2, 0.25) is 5.91 Å². The summed E-state index contributed by atoms with van der Waals surface area (Å²) in [4.78, 5) is 32.2. The molecule has 0 saturated heterocycles. The minimum Gasteiger partial charge on any atom is -0.445 e. The number of aromatic nitrogens is 2. The van der Waals surface area contributed by atoms with E-state index in [9.17, 15) is 9.59 Å². The van der Waals surface area contributed by atoms with Gasteiger partial charge in [-0.2, -0.15) is 0 Å². The van der Waals surface area contributed by atoms with Crippen molar-refractivity contribution in [2.45, 2.75) is 19.6 Å². The zero-order valence-corrected chi connectivity index (χ0v) is 17.0. The molecular weight excluding hydrogens is 392 g/mol. The van der Waals surface area contributed by atoms with Crippen molar-refractivity contribution in [1.29, 1.82) is 0 Å². The predicted octanol–water partition coefficient (Wildman–Crippen LogP) is 4.48. The number of fused-ring (bicyclic) bond motifs is 1. The second-order valence-corrected chi connectivity index (χ2v) is 7.10. The number of hydrogen-bond donors (Lipinski definition) is 3. The lowest BCUT2D eigenvalue weighted by Crippen LogP contribution is -2.41. The third-order valence-electron chi connectivity index (χ3n) is 4.76. The van der Waals surface area contributed by atoms with E-state index >= 15 is 0 Å². The molecule has 4 rings (SSSR count). The molecule has 3 N–H and O–H groups in total. The van der Waals surface area contributed by atoms with Gasteiger partial charge in [-0.3, -0.25) is 4.79 Å². The third-order valence-corrected chi connectivity index (χ3v) is 4.76. The Hall–Kier alpha value is -4.13. The first kappa shape index (κ1) is 20.2. The quantitative estimate of drug-likeness (QED) is 0.433. The molecule has 1 heterocycles. The minimum atomic E-state index is -0.752. The zero-order chi connectivity index (χ0) is 21.6. The molecule has 0 unspecified atom stereocenters. The Balaban J connectivity index is 1.31. The van der Waals surface area contributed by atoms with Crippen LogP contribution >= 0.6 is 0 Å². The molecule has 0 saturated carbocycles. The lowest BCUT2D eigenvalue weighted by atomic mass is 10.2. The highest BCUT2D eigenvalue weighted by molar-refractivity contribution is 5.96. The van der Waals surface area contributed by atoms with Gasteiger partial charge in [-0.1, -0.05) is 42.5 Å². The van der Waals surface area contributed by atoms with E-state index in [4.69, 9.17) is 4.74 Å². The topological polar surface area (TPSA) is 96.1 Å². The van der Waals surface area contributed by atoms with E-state index in [1.54, 1.807) is 19.1 Å². The largest absolute Gasteiger partial charge is 0.445 e.